The number of nitrogens with one attached hydrogen (secondary N) is 1. The fourth-order valence-corrected chi connectivity index (χ4v) is 2.20. The molecule has 0 atom stereocenters. The molecule has 1 aromatic heterocycles. The molecule has 98 valence electrons. The Morgan fingerprint density at radius 1 is 1.41 bits per heavy atom. The first-order chi connectivity index (χ1) is 8.19. The van der Waals surface area contributed by atoms with Crippen LogP contribution in [-0.2, 0) is 11.3 Å². The normalized spacial score (nSPS) is 10.6. The highest BCUT2D eigenvalue weighted by Gasteiger charge is 2.12. The number of rotatable bonds is 8. The van der Waals surface area contributed by atoms with E-state index < -0.39 is 0 Å². The van der Waals surface area contributed by atoms with Gasteiger partial charge in [0.1, 0.15) is 0 Å². The quantitative estimate of drug-likeness (QED) is 0.714. The maximum absolute atomic E-state index is 5.26. The number of nitrogens with zero attached hydrogens (tertiary/aromatic N) is 2. The van der Waals surface area contributed by atoms with Crippen LogP contribution < -0.4 is 15.0 Å². The molecule has 0 amide bonds. The average molecular weight is 259 g/mol. The fourth-order valence-electron chi connectivity index (χ4n) is 1.28. The van der Waals surface area contributed by atoms with Crippen LogP contribution in [0.3, 0.4) is 0 Å². The van der Waals surface area contributed by atoms with E-state index in [4.69, 9.17) is 9.47 Å². The van der Waals surface area contributed by atoms with Gasteiger partial charge >= 0.3 is 0 Å². The van der Waals surface area contributed by atoms with Gasteiger partial charge in [-0.15, -0.1) is 0 Å². The van der Waals surface area contributed by atoms with Gasteiger partial charge in [-0.05, 0) is 6.92 Å². The largest absolute Gasteiger partial charge is 0.480 e. The van der Waals surface area contributed by atoms with Crippen molar-refractivity contribution in [2.75, 3.05) is 45.9 Å². The molecule has 1 heterocycles. The van der Waals surface area contributed by atoms with Crippen LogP contribution in [0.4, 0.5) is 5.13 Å². The minimum absolute atomic E-state index is 0.711. The first-order valence-electron chi connectivity index (χ1n) is 5.68. The minimum atomic E-state index is 0.711. The second kappa shape index (κ2) is 7.47. The van der Waals surface area contributed by atoms with Gasteiger partial charge in [-0.3, -0.25) is 0 Å². The molecule has 0 aliphatic heterocycles. The monoisotopic (exact) mass is 259 g/mol. The van der Waals surface area contributed by atoms with Gasteiger partial charge in [0.2, 0.25) is 5.88 Å². The molecule has 5 nitrogen and oxygen atoms in total. The highest BCUT2D eigenvalue weighted by Crippen LogP contribution is 2.29. The summed E-state index contributed by atoms with van der Waals surface area (Å²) < 4.78 is 10.5. The molecule has 0 spiro atoms. The zero-order valence-electron chi connectivity index (χ0n) is 10.9. The standard InChI is InChI=1S/C11H21N3O2S/c1-5-16-7-6-12-8-9-10(15-4)13-11(17-9)14(2)3/h12H,5-8H2,1-4H3. The smallest absolute Gasteiger partial charge is 0.230 e. The van der Waals surface area contributed by atoms with Crippen LogP contribution in [0, 0.1) is 0 Å². The molecule has 0 aromatic carbocycles. The zero-order valence-corrected chi connectivity index (χ0v) is 11.8. The Morgan fingerprint density at radius 2 is 2.18 bits per heavy atom. The Labute approximate surface area is 107 Å². The van der Waals surface area contributed by atoms with Crippen molar-refractivity contribution in [1.82, 2.24) is 10.3 Å². The number of hydrogen-bond donors (Lipinski definition) is 1. The van der Waals surface area contributed by atoms with Crippen molar-refractivity contribution < 1.29 is 9.47 Å². The predicted octanol–water partition coefficient (Wildman–Crippen LogP) is 1.34. The van der Waals surface area contributed by atoms with Gasteiger partial charge in [0, 0.05) is 33.8 Å². The SMILES string of the molecule is CCOCCNCc1sc(N(C)C)nc1OC. The van der Waals surface area contributed by atoms with Crippen LogP contribution >= 0.6 is 11.3 Å². The van der Waals surface area contributed by atoms with Crippen LogP contribution in [0.1, 0.15) is 11.8 Å². The third-order valence-corrected chi connectivity index (χ3v) is 3.34. The lowest BCUT2D eigenvalue weighted by Crippen LogP contribution is -2.18. The molecule has 0 bridgehead atoms. The summed E-state index contributed by atoms with van der Waals surface area (Å²) in [5.41, 5.74) is 0. The Morgan fingerprint density at radius 3 is 2.76 bits per heavy atom. The molecule has 1 N–H and O–H groups in total. The van der Waals surface area contributed by atoms with E-state index in [9.17, 15) is 0 Å². The summed E-state index contributed by atoms with van der Waals surface area (Å²) >= 11 is 1.64. The third kappa shape index (κ3) is 4.49. The second-order valence-corrected chi connectivity index (χ2v) is 4.76. The maximum Gasteiger partial charge on any atom is 0.230 e. The number of anilines is 1. The molecule has 1 aromatic rings. The van der Waals surface area contributed by atoms with Crippen LogP contribution in [0.15, 0.2) is 0 Å². The van der Waals surface area contributed by atoms with E-state index >= 15 is 0 Å². The lowest BCUT2D eigenvalue weighted by atomic mass is 10.5. The summed E-state index contributed by atoms with van der Waals surface area (Å²) in [6.07, 6.45) is 0. The van der Waals surface area contributed by atoms with Crippen molar-refractivity contribution in [2.24, 2.45) is 0 Å². The molecule has 0 saturated heterocycles. The molecule has 0 aliphatic rings. The fraction of sp³-hybridized carbons (Fsp3) is 0.727. The molecule has 0 fully saturated rings. The Balaban J connectivity index is 2.46. The van der Waals surface area contributed by atoms with Crippen molar-refractivity contribution in [1.29, 1.82) is 0 Å². The number of aromatic nitrogens is 1. The third-order valence-electron chi connectivity index (χ3n) is 2.14. The highest BCUT2D eigenvalue weighted by atomic mass is 32.1. The summed E-state index contributed by atoms with van der Waals surface area (Å²) in [6, 6.07) is 0. The van der Waals surface area contributed by atoms with Crippen LogP contribution in [0.2, 0.25) is 0 Å². The van der Waals surface area contributed by atoms with E-state index in [1.807, 2.05) is 25.9 Å². The molecule has 0 saturated carbocycles. The number of methoxy groups -OCH3 is 1. The first kappa shape index (κ1) is 14.2. The molecular weight excluding hydrogens is 238 g/mol. The highest BCUT2D eigenvalue weighted by molar-refractivity contribution is 7.15. The summed E-state index contributed by atoms with van der Waals surface area (Å²) in [4.78, 5) is 7.50. The predicted molar refractivity (Wildman–Crippen MR) is 71.2 cm³/mol. The number of ether oxygens (including phenoxy) is 2. The topological polar surface area (TPSA) is 46.6 Å². The lowest BCUT2D eigenvalue weighted by Gasteiger charge is -2.05. The van der Waals surface area contributed by atoms with Crippen molar-refractivity contribution >= 4 is 16.5 Å². The minimum Gasteiger partial charge on any atom is -0.480 e. The number of thiazole rings is 1. The molecule has 1 rings (SSSR count). The van der Waals surface area contributed by atoms with E-state index in [2.05, 4.69) is 10.3 Å². The number of hydrogen-bond acceptors (Lipinski definition) is 6. The Bertz CT molecular complexity index is 329. The van der Waals surface area contributed by atoms with Gasteiger partial charge in [0.15, 0.2) is 5.13 Å². The van der Waals surface area contributed by atoms with Crippen LogP contribution in [0.25, 0.3) is 0 Å². The van der Waals surface area contributed by atoms with Crippen molar-refractivity contribution in [3.8, 4) is 5.88 Å². The van der Waals surface area contributed by atoms with E-state index in [-0.39, 0.29) is 0 Å². The van der Waals surface area contributed by atoms with E-state index in [0.717, 1.165) is 36.3 Å². The summed E-state index contributed by atoms with van der Waals surface area (Å²) in [5, 5.41) is 4.27. The second-order valence-electron chi connectivity index (χ2n) is 3.70. The van der Waals surface area contributed by atoms with Gasteiger partial charge < -0.3 is 19.7 Å². The van der Waals surface area contributed by atoms with Crippen molar-refractivity contribution in [2.45, 2.75) is 13.5 Å². The van der Waals surface area contributed by atoms with Gasteiger partial charge in [-0.25, -0.2) is 0 Å². The first-order valence-corrected chi connectivity index (χ1v) is 6.50. The molecule has 0 aliphatic carbocycles. The van der Waals surface area contributed by atoms with E-state index in [1.54, 1.807) is 18.4 Å². The Hall–Kier alpha value is -0.850. The Kier molecular flexibility index (Phi) is 6.25. The summed E-state index contributed by atoms with van der Waals surface area (Å²) in [7, 11) is 5.60. The maximum atomic E-state index is 5.26. The van der Waals surface area contributed by atoms with E-state index in [1.165, 1.54) is 0 Å². The molecular formula is C11H21N3O2S. The van der Waals surface area contributed by atoms with Gasteiger partial charge in [-0.1, -0.05) is 11.3 Å². The van der Waals surface area contributed by atoms with Gasteiger partial charge in [-0.2, -0.15) is 4.98 Å². The molecule has 6 heteroatoms. The van der Waals surface area contributed by atoms with Crippen molar-refractivity contribution in [3.05, 3.63) is 4.88 Å². The average Bonchev–Trinajstić information content (AvgIpc) is 2.72. The summed E-state index contributed by atoms with van der Waals surface area (Å²) in [5.74, 6) is 0.711. The lowest BCUT2D eigenvalue weighted by molar-refractivity contribution is 0.149. The zero-order chi connectivity index (χ0) is 12.7. The van der Waals surface area contributed by atoms with Crippen molar-refractivity contribution in [3.63, 3.8) is 0 Å². The molecule has 0 unspecified atom stereocenters. The summed E-state index contributed by atoms with van der Waals surface area (Å²) in [6.45, 7) is 5.10. The van der Waals surface area contributed by atoms with E-state index in [0.29, 0.717) is 5.88 Å². The van der Waals surface area contributed by atoms with Gasteiger partial charge in [0.05, 0.1) is 18.6 Å². The molecule has 17 heavy (non-hydrogen) atoms. The van der Waals surface area contributed by atoms with Gasteiger partial charge in [0.25, 0.3) is 0 Å². The molecule has 0 radical (unpaired) electrons. The van der Waals surface area contributed by atoms with Crippen LogP contribution in [-0.4, -0.2) is 45.9 Å². The van der Waals surface area contributed by atoms with Crippen LogP contribution in [0.5, 0.6) is 5.88 Å².